The number of aromatic nitrogens is 2. The number of nitrogens with zero attached hydrogens (tertiary/aromatic N) is 2. The molecular formula is C34H29IrN2O-. The summed E-state index contributed by atoms with van der Waals surface area (Å²) in [6, 6.07) is 33.8. The summed E-state index contributed by atoms with van der Waals surface area (Å²) in [5.74, 6) is 1.82. The summed E-state index contributed by atoms with van der Waals surface area (Å²) >= 11 is 0. The monoisotopic (exact) mass is 674 g/mol. The topological polar surface area (TPSA) is 26.5 Å². The number of hydrogen-bond donors (Lipinski definition) is 0. The molecule has 1 radical (unpaired) electrons. The Morgan fingerprint density at radius 1 is 0.921 bits per heavy atom. The van der Waals surface area contributed by atoms with Crippen molar-refractivity contribution in [3.63, 3.8) is 0 Å². The largest absolute Gasteiger partial charge is 0.493 e. The number of rotatable bonds is 4. The number of para-hydroxylation sites is 2. The normalized spacial score (nSPS) is 15.0. The molecule has 0 fully saturated rings. The van der Waals surface area contributed by atoms with E-state index in [-0.39, 0.29) is 26.0 Å². The van der Waals surface area contributed by atoms with Gasteiger partial charge in [-0.1, -0.05) is 73.8 Å². The molecule has 1 aliphatic heterocycles. The molecule has 0 N–H and O–H groups in total. The van der Waals surface area contributed by atoms with Crippen LogP contribution >= 0.6 is 0 Å². The molecule has 1 aliphatic rings. The molecule has 0 spiro atoms. The number of imidazole rings is 1. The summed E-state index contributed by atoms with van der Waals surface area (Å²) in [6.07, 6.45) is 4.05. The van der Waals surface area contributed by atoms with E-state index in [2.05, 4.69) is 109 Å². The van der Waals surface area contributed by atoms with Gasteiger partial charge in [-0.25, -0.2) is 0 Å². The Labute approximate surface area is 236 Å². The van der Waals surface area contributed by atoms with Gasteiger partial charge in [-0.15, -0.1) is 29.7 Å². The number of fused-ring (bicyclic) bond motifs is 7. The minimum atomic E-state index is 0. The van der Waals surface area contributed by atoms with Crippen LogP contribution in [-0.4, -0.2) is 16.0 Å². The number of benzene rings is 4. The zero-order valence-corrected chi connectivity index (χ0v) is 24.0. The second kappa shape index (κ2) is 10.0. The van der Waals surface area contributed by atoms with Gasteiger partial charge in [0.2, 0.25) is 0 Å². The third kappa shape index (κ3) is 3.95. The first-order valence-corrected chi connectivity index (χ1v) is 13.2. The van der Waals surface area contributed by atoms with Crippen LogP contribution in [0.1, 0.15) is 42.9 Å². The Balaban J connectivity index is 0.00000264. The summed E-state index contributed by atoms with van der Waals surface area (Å²) in [4.78, 5) is 5.03. The van der Waals surface area contributed by atoms with Crippen molar-refractivity contribution >= 4 is 27.3 Å². The molecule has 0 amide bonds. The molecule has 0 saturated carbocycles. The Morgan fingerprint density at radius 2 is 1.71 bits per heavy atom. The summed E-state index contributed by atoms with van der Waals surface area (Å²) in [6.45, 7) is 5.32. The van der Waals surface area contributed by atoms with Crippen LogP contribution in [0.3, 0.4) is 0 Å². The maximum atomic E-state index is 6.05. The van der Waals surface area contributed by atoms with Gasteiger partial charge in [0.1, 0.15) is 5.75 Å². The molecule has 3 heterocycles. The Morgan fingerprint density at radius 3 is 2.61 bits per heavy atom. The van der Waals surface area contributed by atoms with Crippen molar-refractivity contribution < 1.29 is 24.8 Å². The van der Waals surface area contributed by atoms with Gasteiger partial charge in [0, 0.05) is 48.9 Å². The summed E-state index contributed by atoms with van der Waals surface area (Å²) in [5.41, 5.74) is 8.61. The first kappa shape index (κ1) is 24.9. The van der Waals surface area contributed by atoms with Gasteiger partial charge in [0.05, 0.1) is 17.9 Å². The van der Waals surface area contributed by atoms with Crippen molar-refractivity contribution in [3.05, 3.63) is 114 Å². The van der Waals surface area contributed by atoms with Gasteiger partial charge in [0.25, 0.3) is 0 Å². The van der Waals surface area contributed by atoms with E-state index in [1.807, 2.05) is 6.07 Å². The second-order valence-corrected chi connectivity index (χ2v) is 10.5. The molecule has 0 saturated heterocycles. The first-order valence-electron chi connectivity index (χ1n) is 13.2. The molecular weight excluding hydrogens is 645 g/mol. The molecule has 1 atom stereocenters. The standard InChI is InChI=1S/C34H29N2O.Ir/c1-22(2)20-23-10-9-15-28(25-18-19-37-32-17-8-6-13-27(25)32)33(23)31-21-35-34-29-14-4-3-11-24(29)26-12-5-7-16-30(26)36(31)34;/h3-13,15-17,21-22,25H,18-20H2,1-2H3;/q-1;. The summed E-state index contributed by atoms with van der Waals surface area (Å²) in [7, 11) is 0. The SMILES string of the molecule is CC(C)Cc1cccc(C2CCOc3ccccc32)c1-c1cnc2c3[c-]cccc3c3ccccc3n12.[Ir]. The number of pyridine rings is 1. The fourth-order valence-electron chi connectivity index (χ4n) is 6.19. The van der Waals surface area contributed by atoms with Gasteiger partial charge in [-0.05, 0) is 47.4 Å². The summed E-state index contributed by atoms with van der Waals surface area (Å²) < 4.78 is 8.42. The van der Waals surface area contributed by atoms with Gasteiger partial charge in [-0.3, -0.25) is 4.98 Å². The van der Waals surface area contributed by atoms with Crippen molar-refractivity contribution in [2.24, 2.45) is 5.92 Å². The molecule has 1 unspecified atom stereocenters. The van der Waals surface area contributed by atoms with E-state index in [4.69, 9.17) is 9.72 Å². The maximum absolute atomic E-state index is 6.05. The van der Waals surface area contributed by atoms with Crippen LogP contribution in [0.15, 0.2) is 91.1 Å². The molecule has 191 valence electrons. The van der Waals surface area contributed by atoms with E-state index in [0.29, 0.717) is 5.92 Å². The molecule has 4 heteroatoms. The van der Waals surface area contributed by atoms with Crippen LogP contribution in [0.5, 0.6) is 5.75 Å². The van der Waals surface area contributed by atoms with Crippen LogP contribution in [-0.2, 0) is 26.5 Å². The Kier molecular flexibility index (Phi) is 6.55. The third-order valence-electron chi connectivity index (χ3n) is 7.68. The van der Waals surface area contributed by atoms with Crippen LogP contribution in [0.25, 0.3) is 38.6 Å². The van der Waals surface area contributed by atoms with Crippen LogP contribution in [0.2, 0.25) is 0 Å². The fourth-order valence-corrected chi connectivity index (χ4v) is 6.19. The van der Waals surface area contributed by atoms with Gasteiger partial charge in [0.15, 0.2) is 0 Å². The third-order valence-corrected chi connectivity index (χ3v) is 7.68. The first-order chi connectivity index (χ1) is 18.2. The smallest absolute Gasteiger partial charge is 0.123 e. The minimum Gasteiger partial charge on any atom is -0.493 e. The molecule has 0 bridgehead atoms. The van der Waals surface area contributed by atoms with Crippen molar-refractivity contribution in [2.75, 3.05) is 6.61 Å². The molecule has 4 aromatic carbocycles. The van der Waals surface area contributed by atoms with E-state index in [9.17, 15) is 0 Å². The van der Waals surface area contributed by atoms with Crippen molar-refractivity contribution in [2.45, 2.75) is 32.6 Å². The Hall–Kier alpha value is -3.46. The molecule has 38 heavy (non-hydrogen) atoms. The van der Waals surface area contributed by atoms with Crippen LogP contribution in [0.4, 0.5) is 0 Å². The minimum absolute atomic E-state index is 0. The fraction of sp³-hybridized carbons (Fsp3) is 0.206. The average molecular weight is 674 g/mol. The van der Waals surface area contributed by atoms with E-state index in [0.717, 1.165) is 41.9 Å². The van der Waals surface area contributed by atoms with Gasteiger partial charge >= 0.3 is 0 Å². The zero-order valence-electron chi connectivity index (χ0n) is 21.6. The molecule has 3 nitrogen and oxygen atoms in total. The van der Waals surface area contributed by atoms with E-state index in [1.54, 1.807) is 0 Å². The van der Waals surface area contributed by atoms with Crippen LogP contribution in [0, 0.1) is 12.0 Å². The predicted molar refractivity (Wildman–Crippen MR) is 151 cm³/mol. The van der Waals surface area contributed by atoms with Crippen molar-refractivity contribution in [1.82, 2.24) is 9.38 Å². The van der Waals surface area contributed by atoms with E-state index < -0.39 is 0 Å². The molecule has 2 aromatic heterocycles. The number of hydrogen-bond acceptors (Lipinski definition) is 2. The predicted octanol–water partition coefficient (Wildman–Crippen LogP) is 8.22. The van der Waals surface area contributed by atoms with E-state index in [1.165, 1.54) is 38.5 Å². The van der Waals surface area contributed by atoms with Crippen molar-refractivity contribution in [1.29, 1.82) is 0 Å². The molecule has 0 aliphatic carbocycles. The number of ether oxygens (including phenoxy) is 1. The van der Waals surface area contributed by atoms with Crippen molar-refractivity contribution in [3.8, 4) is 17.0 Å². The zero-order chi connectivity index (χ0) is 24.9. The van der Waals surface area contributed by atoms with Crippen LogP contribution < -0.4 is 4.74 Å². The quantitative estimate of drug-likeness (QED) is 0.139. The second-order valence-electron chi connectivity index (χ2n) is 10.5. The Bertz CT molecular complexity index is 1780. The van der Waals surface area contributed by atoms with Gasteiger partial charge < -0.3 is 9.14 Å². The summed E-state index contributed by atoms with van der Waals surface area (Å²) in [5, 5.41) is 3.48. The van der Waals surface area contributed by atoms with Gasteiger partial charge in [-0.2, -0.15) is 0 Å². The average Bonchev–Trinajstić information content (AvgIpc) is 3.38. The maximum Gasteiger partial charge on any atom is 0.123 e. The van der Waals surface area contributed by atoms with E-state index >= 15 is 0 Å². The molecule has 7 rings (SSSR count). The molecule has 6 aromatic rings.